The molecule has 2 aliphatic rings. The fourth-order valence-corrected chi connectivity index (χ4v) is 5.46. The maximum absolute atomic E-state index is 11.5. The average Bonchev–Trinajstić information content (AvgIpc) is 3.57. The van der Waals surface area contributed by atoms with E-state index in [2.05, 4.69) is 59.4 Å². The zero-order chi connectivity index (χ0) is 24.1. The summed E-state index contributed by atoms with van der Waals surface area (Å²) in [6.07, 6.45) is 1.83. The maximum atomic E-state index is 11.5. The first-order valence-corrected chi connectivity index (χ1v) is 12.0. The van der Waals surface area contributed by atoms with Crippen LogP contribution in [0.15, 0.2) is 66.9 Å². The SMILES string of the molecule is Cc1ccc2c(N3C[C@@H]4C[C@H]3CN4C(=O)O)nn(-c3ccnc(N[C@H](C)c4ccccc4)c3)c2c1. The highest BCUT2D eigenvalue weighted by Gasteiger charge is 2.46. The first kappa shape index (κ1) is 21.5. The third-order valence-electron chi connectivity index (χ3n) is 7.23. The van der Waals surface area contributed by atoms with Gasteiger partial charge in [0.15, 0.2) is 5.82 Å². The number of anilines is 2. The second-order valence-corrected chi connectivity index (χ2v) is 9.56. The number of aromatic nitrogens is 3. The number of nitrogens with zero attached hydrogens (tertiary/aromatic N) is 5. The number of pyridine rings is 1. The van der Waals surface area contributed by atoms with Gasteiger partial charge in [0.1, 0.15) is 5.82 Å². The number of hydrogen-bond acceptors (Lipinski definition) is 5. The van der Waals surface area contributed by atoms with Crippen molar-refractivity contribution in [3.63, 3.8) is 0 Å². The summed E-state index contributed by atoms with van der Waals surface area (Å²) >= 11 is 0. The topological polar surface area (TPSA) is 86.5 Å². The predicted molar refractivity (Wildman–Crippen MR) is 136 cm³/mol. The number of rotatable bonds is 5. The number of carboxylic acid groups (broad SMARTS) is 1. The van der Waals surface area contributed by atoms with Crippen LogP contribution in [0.4, 0.5) is 16.4 Å². The number of carbonyl (C=O) groups is 1. The fourth-order valence-electron chi connectivity index (χ4n) is 5.46. The lowest BCUT2D eigenvalue weighted by Gasteiger charge is -2.32. The molecule has 0 aliphatic carbocycles. The molecule has 0 saturated carbocycles. The van der Waals surface area contributed by atoms with Crippen LogP contribution in [-0.4, -0.2) is 56.0 Å². The van der Waals surface area contributed by atoms with Gasteiger partial charge < -0.3 is 20.2 Å². The number of piperazine rings is 1. The van der Waals surface area contributed by atoms with Gasteiger partial charge in [0, 0.05) is 36.8 Å². The quantitative estimate of drug-likeness (QED) is 0.436. The minimum absolute atomic E-state index is 0.0272. The van der Waals surface area contributed by atoms with Crippen LogP contribution in [0.1, 0.15) is 30.5 Å². The highest BCUT2D eigenvalue weighted by atomic mass is 16.4. The summed E-state index contributed by atoms with van der Waals surface area (Å²) < 4.78 is 1.98. The minimum Gasteiger partial charge on any atom is -0.465 e. The fraction of sp³-hybridized carbons (Fsp3) is 0.296. The van der Waals surface area contributed by atoms with Crippen molar-refractivity contribution in [1.82, 2.24) is 19.7 Å². The summed E-state index contributed by atoms with van der Waals surface area (Å²) in [4.78, 5) is 19.9. The smallest absolute Gasteiger partial charge is 0.407 e. The lowest BCUT2D eigenvalue weighted by molar-refractivity contribution is 0.137. The highest BCUT2D eigenvalue weighted by Crippen LogP contribution is 2.38. The standard InChI is InChI=1S/C27H28N6O2/c1-17-8-9-23-24(12-17)33(30-26(23)31-15-22-13-21(31)16-32(22)27(34)35)20-10-11-28-25(14-20)29-18(2)19-6-4-3-5-7-19/h3-12,14,18,21-22H,13,15-16H2,1-2H3,(H,28,29)(H,34,35)/t18-,21+,22+/m1/s1. The van der Waals surface area contributed by atoms with Crippen LogP contribution in [0.3, 0.4) is 0 Å². The van der Waals surface area contributed by atoms with Gasteiger partial charge in [0.05, 0.1) is 23.3 Å². The minimum atomic E-state index is -0.829. The van der Waals surface area contributed by atoms with Crippen molar-refractivity contribution in [2.75, 3.05) is 23.3 Å². The normalized spacial score (nSPS) is 19.9. The highest BCUT2D eigenvalue weighted by molar-refractivity contribution is 5.93. The van der Waals surface area contributed by atoms with Gasteiger partial charge in [-0.3, -0.25) is 0 Å². The third-order valence-corrected chi connectivity index (χ3v) is 7.23. The molecule has 6 rings (SSSR count). The Hall–Kier alpha value is -4.07. The third kappa shape index (κ3) is 3.75. The molecule has 4 aromatic rings. The Labute approximate surface area is 203 Å². The van der Waals surface area contributed by atoms with Crippen molar-refractivity contribution in [3.05, 3.63) is 78.0 Å². The van der Waals surface area contributed by atoms with E-state index in [4.69, 9.17) is 5.10 Å². The van der Waals surface area contributed by atoms with Crippen molar-refractivity contribution in [2.24, 2.45) is 0 Å². The number of fused-ring (bicyclic) bond motifs is 3. The Morgan fingerprint density at radius 1 is 1.09 bits per heavy atom. The number of benzene rings is 2. The van der Waals surface area contributed by atoms with Gasteiger partial charge in [-0.25, -0.2) is 14.5 Å². The molecule has 8 nitrogen and oxygen atoms in total. The van der Waals surface area contributed by atoms with Crippen LogP contribution in [-0.2, 0) is 0 Å². The zero-order valence-corrected chi connectivity index (χ0v) is 19.8. The first-order valence-electron chi connectivity index (χ1n) is 12.0. The van der Waals surface area contributed by atoms with E-state index in [-0.39, 0.29) is 18.1 Å². The van der Waals surface area contributed by atoms with Gasteiger partial charge >= 0.3 is 6.09 Å². The van der Waals surface area contributed by atoms with Crippen molar-refractivity contribution < 1.29 is 9.90 Å². The maximum Gasteiger partial charge on any atom is 0.407 e. The Morgan fingerprint density at radius 2 is 1.91 bits per heavy atom. The average molecular weight is 469 g/mol. The molecule has 2 N–H and O–H groups in total. The van der Waals surface area contributed by atoms with E-state index in [1.165, 1.54) is 5.56 Å². The molecule has 2 aromatic carbocycles. The molecule has 2 bridgehead atoms. The molecule has 0 spiro atoms. The number of amides is 1. The first-order chi connectivity index (χ1) is 17.0. The second kappa shape index (κ2) is 8.30. The van der Waals surface area contributed by atoms with E-state index >= 15 is 0 Å². The lowest BCUT2D eigenvalue weighted by Crippen LogP contribution is -2.48. The van der Waals surface area contributed by atoms with Gasteiger partial charge in [-0.1, -0.05) is 36.4 Å². The molecule has 0 radical (unpaired) electrons. The molecule has 4 heterocycles. The van der Waals surface area contributed by atoms with Gasteiger partial charge in [-0.2, -0.15) is 0 Å². The van der Waals surface area contributed by atoms with Gasteiger partial charge in [-0.15, -0.1) is 5.10 Å². The number of hydrogen-bond donors (Lipinski definition) is 2. The number of aryl methyl sites for hydroxylation is 1. The van der Waals surface area contributed by atoms with Crippen LogP contribution in [0.2, 0.25) is 0 Å². The predicted octanol–water partition coefficient (Wildman–Crippen LogP) is 4.84. The Bertz CT molecular complexity index is 1400. The summed E-state index contributed by atoms with van der Waals surface area (Å²) in [7, 11) is 0. The van der Waals surface area contributed by atoms with Gasteiger partial charge in [0.25, 0.3) is 0 Å². The molecule has 3 atom stereocenters. The summed E-state index contributed by atoms with van der Waals surface area (Å²) in [5.74, 6) is 1.70. The van der Waals surface area contributed by atoms with Crippen molar-refractivity contribution >= 4 is 28.6 Å². The molecular formula is C27H28N6O2. The van der Waals surface area contributed by atoms with Crippen LogP contribution in [0.5, 0.6) is 0 Å². The molecule has 2 saturated heterocycles. The molecular weight excluding hydrogens is 440 g/mol. The molecule has 8 heteroatoms. The summed E-state index contributed by atoms with van der Waals surface area (Å²) in [6.45, 7) is 5.41. The van der Waals surface area contributed by atoms with E-state index in [1.54, 1.807) is 11.1 Å². The molecule has 35 heavy (non-hydrogen) atoms. The van der Waals surface area contributed by atoms with Crippen LogP contribution in [0.25, 0.3) is 16.6 Å². The molecule has 0 unspecified atom stereocenters. The number of likely N-dealkylation sites (tertiary alicyclic amines) is 1. The van der Waals surface area contributed by atoms with Crippen molar-refractivity contribution in [3.8, 4) is 5.69 Å². The lowest BCUT2D eigenvalue weighted by atomic mass is 10.1. The Morgan fingerprint density at radius 3 is 2.66 bits per heavy atom. The van der Waals surface area contributed by atoms with Crippen LogP contribution >= 0.6 is 0 Å². The van der Waals surface area contributed by atoms with E-state index in [9.17, 15) is 9.90 Å². The van der Waals surface area contributed by atoms with E-state index in [0.717, 1.165) is 40.2 Å². The van der Waals surface area contributed by atoms with Crippen LogP contribution in [0, 0.1) is 6.92 Å². The summed E-state index contributed by atoms with van der Waals surface area (Å²) in [6, 6.07) is 21.0. The number of nitrogens with one attached hydrogen (secondary N) is 1. The zero-order valence-electron chi connectivity index (χ0n) is 19.8. The monoisotopic (exact) mass is 468 g/mol. The van der Waals surface area contributed by atoms with E-state index in [0.29, 0.717) is 13.1 Å². The molecule has 1 amide bonds. The van der Waals surface area contributed by atoms with E-state index < -0.39 is 6.09 Å². The Balaban J connectivity index is 1.35. The molecule has 2 aromatic heterocycles. The Kier molecular flexibility index (Phi) is 5.09. The van der Waals surface area contributed by atoms with Gasteiger partial charge in [0.2, 0.25) is 0 Å². The largest absolute Gasteiger partial charge is 0.465 e. The molecule has 2 fully saturated rings. The molecule has 178 valence electrons. The van der Waals surface area contributed by atoms with Gasteiger partial charge in [-0.05, 0) is 49.6 Å². The van der Waals surface area contributed by atoms with Crippen molar-refractivity contribution in [2.45, 2.75) is 38.4 Å². The van der Waals surface area contributed by atoms with Crippen LogP contribution < -0.4 is 10.2 Å². The van der Waals surface area contributed by atoms with E-state index in [1.807, 2.05) is 35.0 Å². The van der Waals surface area contributed by atoms with Crippen molar-refractivity contribution in [1.29, 1.82) is 0 Å². The molecule has 2 aliphatic heterocycles. The summed E-state index contributed by atoms with van der Waals surface area (Å²) in [5.41, 5.74) is 4.32. The second-order valence-electron chi connectivity index (χ2n) is 9.56. The summed E-state index contributed by atoms with van der Waals surface area (Å²) in [5, 5.41) is 19.1.